The van der Waals surface area contributed by atoms with Gasteiger partial charge in [-0.2, -0.15) is 0 Å². The van der Waals surface area contributed by atoms with Gasteiger partial charge in [-0.3, -0.25) is 0 Å². The number of rotatable bonds is 2. The molecule has 0 bridgehead atoms. The normalized spacial score (nSPS) is 9.14. The fraction of sp³-hybridized carbons (Fsp3) is 0. The van der Waals surface area contributed by atoms with Crippen LogP contribution in [0.5, 0.6) is 0 Å². The van der Waals surface area contributed by atoms with Crippen LogP contribution in [0.25, 0.3) is 0 Å². The van der Waals surface area contributed by atoms with Crippen LogP contribution in [0.4, 0.5) is 0 Å². The Balaban J connectivity index is 3.46. The predicted octanol–water partition coefficient (Wildman–Crippen LogP) is 0.874. The van der Waals surface area contributed by atoms with E-state index in [0.29, 0.717) is 4.61 Å². The fourth-order valence-electron chi connectivity index (χ4n) is 0.155. The average Bonchev–Trinajstić information content (AvgIpc) is 1.61. The third kappa shape index (κ3) is 5.67. The number of allylic oxidation sites excluding steroid dienone is 3. The summed E-state index contributed by atoms with van der Waals surface area (Å²) in [6, 6.07) is 0. The molecule has 0 aliphatic rings. The second-order valence-corrected chi connectivity index (χ2v) is 1.88. The molecule has 0 heterocycles. The van der Waals surface area contributed by atoms with Crippen LogP contribution in [0.2, 0.25) is 0 Å². The van der Waals surface area contributed by atoms with Gasteiger partial charge in [0.1, 0.15) is 0 Å². The van der Waals surface area contributed by atoms with Gasteiger partial charge in [-0.1, -0.05) is 0 Å². The van der Waals surface area contributed by atoms with Crippen molar-refractivity contribution >= 4 is 20.6 Å². The molecule has 0 atom stereocenters. The Morgan fingerprint density at radius 3 is 2.43 bits per heavy atom. The molecule has 0 aromatic heterocycles. The van der Waals surface area contributed by atoms with Gasteiger partial charge in [0.05, 0.1) is 0 Å². The third-order valence-corrected chi connectivity index (χ3v) is 0.669. The van der Waals surface area contributed by atoms with Crippen molar-refractivity contribution < 1.29 is 0 Å². The van der Waals surface area contributed by atoms with E-state index in [0.717, 1.165) is 0 Å². The zero-order chi connectivity index (χ0) is 5.70. The summed E-state index contributed by atoms with van der Waals surface area (Å²) in [5.74, 6) is 0. The van der Waals surface area contributed by atoms with Gasteiger partial charge in [0.25, 0.3) is 0 Å². The first-order valence-electron chi connectivity index (χ1n) is 1.82. The van der Waals surface area contributed by atoms with Crippen LogP contribution in [0, 0.1) is 5.41 Å². The van der Waals surface area contributed by atoms with Gasteiger partial charge in [0.15, 0.2) is 0 Å². The molecule has 1 N–H and O–H groups in total. The molecule has 0 spiro atoms. The summed E-state index contributed by atoms with van der Waals surface area (Å²) in [6.45, 7) is 3.44. The maximum atomic E-state index is 6.81. The average molecular weight is 159 g/mol. The molecule has 0 saturated carbocycles. The van der Waals surface area contributed by atoms with E-state index >= 15 is 0 Å². The second kappa shape index (κ2) is 3.85. The van der Waals surface area contributed by atoms with E-state index in [-0.39, 0.29) is 0 Å². The summed E-state index contributed by atoms with van der Waals surface area (Å²) in [4.78, 5) is 0. The zero-order valence-electron chi connectivity index (χ0n) is 3.85. The molecule has 0 aliphatic heterocycles. The number of nitrogens with one attached hydrogen (secondary N) is 1. The summed E-state index contributed by atoms with van der Waals surface area (Å²) < 4.78 is 0.430. The van der Waals surface area contributed by atoms with Crippen LogP contribution in [0.1, 0.15) is 0 Å². The molecule has 0 aliphatic carbocycles. The van der Waals surface area contributed by atoms with Gasteiger partial charge in [-0.05, 0) is 0 Å². The van der Waals surface area contributed by atoms with Crippen LogP contribution in [0.3, 0.4) is 0 Å². The summed E-state index contributed by atoms with van der Waals surface area (Å²) in [6.07, 6.45) is 4.97. The maximum absolute atomic E-state index is 6.81. The van der Waals surface area contributed by atoms with Gasteiger partial charge in [-0.25, -0.2) is 0 Å². The first kappa shape index (κ1) is 6.67. The van der Waals surface area contributed by atoms with E-state index in [2.05, 4.69) is 22.6 Å². The molecule has 0 rings (SSSR count). The van der Waals surface area contributed by atoms with Crippen LogP contribution < -0.4 is 0 Å². The number of hydrogen-bond acceptors (Lipinski definition) is 1. The Kier molecular flexibility index (Phi) is 3.66. The van der Waals surface area contributed by atoms with Crippen molar-refractivity contribution in [3.8, 4) is 0 Å². The minimum absolute atomic E-state index is 0.430. The Bertz CT molecular complexity index is 105. The topological polar surface area (TPSA) is 23.9 Å². The van der Waals surface area contributed by atoms with Crippen molar-refractivity contribution in [1.82, 2.24) is 0 Å². The molecule has 37 valence electrons. The van der Waals surface area contributed by atoms with Crippen LogP contribution in [0.15, 0.2) is 24.8 Å². The summed E-state index contributed by atoms with van der Waals surface area (Å²) >= 11 is 2.52. The van der Waals surface area contributed by atoms with E-state index in [9.17, 15) is 0 Å². The van der Waals surface area contributed by atoms with Crippen molar-refractivity contribution in [2.24, 2.45) is 0 Å². The van der Waals surface area contributed by atoms with E-state index in [1.165, 1.54) is 0 Å². The molecule has 0 aromatic rings. The zero-order valence-corrected chi connectivity index (χ0v) is 5.56. The van der Waals surface area contributed by atoms with E-state index < -0.39 is 0 Å². The second-order valence-electron chi connectivity index (χ2n) is 0.959. The van der Waals surface area contributed by atoms with Gasteiger partial charge < -0.3 is 0 Å². The monoisotopic (exact) mass is 160 g/mol. The molecule has 7 heavy (non-hydrogen) atoms. The molecule has 0 unspecified atom stereocenters. The Hall–Kier alpha value is -0.331. The van der Waals surface area contributed by atoms with Crippen LogP contribution >= 0.6 is 0 Å². The summed E-state index contributed by atoms with van der Waals surface area (Å²) in [5.41, 5.74) is 0. The molecular weight excluding hydrogens is 153 g/mol. The van der Waals surface area contributed by atoms with Crippen LogP contribution in [-0.4, -0.2) is 20.6 Å². The molecular formula is C5H6NSe. The quantitative estimate of drug-likeness (QED) is 0.351. The summed E-state index contributed by atoms with van der Waals surface area (Å²) in [7, 11) is 0. The first-order valence-corrected chi connectivity index (χ1v) is 2.67. The molecule has 2 heteroatoms. The minimum atomic E-state index is 0.430. The molecule has 1 radical (unpaired) electrons. The van der Waals surface area contributed by atoms with Crippen LogP contribution in [-0.2, 0) is 0 Å². The van der Waals surface area contributed by atoms with Crippen molar-refractivity contribution in [2.45, 2.75) is 0 Å². The first-order chi connectivity index (χ1) is 3.27. The van der Waals surface area contributed by atoms with E-state index in [1.54, 1.807) is 18.2 Å². The van der Waals surface area contributed by atoms with Gasteiger partial charge >= 0.3 is 50.8 Å². The van der Waals surface area contributed by atoms with E-state index in [4.69, 9.17) is 5.41 Å². The number of hydrogen-bond donors (Lipinski definition) is 1. The Labute approximate surface area is 51.4 Å². The van der Waals surface area contributed by atoms with Gasteiger partial charge in [-0.15, -0.1) is 0 Å². The van der Waals surface area contributed by atoms with E-state index in [1.807, 2.05) is 0 Å². The molecule has 0 aromatic carbocycles. The molecule has 0 fully saturated rings. The van der Waals surface area contributed by atoms with Crippen molar-refractivity contribution in [3.05, 3.63) is 24.8 Å². The van der Waals surface area contributed by atoms with Crippen molar-refractivity contribution in [3.63, 3.8) is 0 Å². The van der Waals surface area contributed by atoms with Crippen molar-refractivity contribution in [1.29, 1.82) is 5.41 Å². The summed E-state index contributed by atoms with van der Waals surface area (Å²) in [5, 5.41) is 6.81. The molecule has 0 amide bonds. The van der Waals surface area contributed by atoms with Gasteiger partial charge in [0, 0.05) is 0 Å². The Morgan fingerprint density at radius 1 is 1.71 bits per heavy atom. The predicted molar refractivity (Wildman–Crippen MR) is 32.8 cm³/mol. The molecule has 1 nitrogen and oxygen atoms in total. The standard InChI is InChI=1S/C5H6NSe/c1-2-3-4-5(6)7/h2-4,6H,1H2. The molecule has 0 saturated heterocycles. The van der Waals surface area contributed by atoms with Gasteiger partial charge in [0.2, 0.25) is 0 Å². The fourth-order valence-corrected chi connectivity index (χ4v) is 0.320. The third-order valence-electron chi connectivity index (χ3n) is 0.384. The van der Waals surface area contributed by atoms with Crippen molar-refractivity contribution in [2.75, 3.05) is 0 Å². The Morgan fingerprint density at radius 2 is 2.29 bits per heavy atom. The SMILES string of the molecule is C=CC=CC(=N)[Se].